The second-order valence-corrected chi connectivity index (χ2v) is 8.62. The number of alkyl halides is 2. The van der Waals surface area contributed by atoms with Crippen LogP contribution in [0, 0.1) is 11.8 Å². The Balaban J connectivity index is 1.35. The average Bonchev–Trinajstić information content (AvgIpc) is 2.63. The van der Waals surface area contributed by atoms with Gasteiger partial charge in [-0.15, -0.1) is 0 Å². The molecule has 2 aromatic carbocycles. The molecule has 1 saturated heterocycles. The molecule has 0 atom stereocenters. The third-order valence-electron chi connectivity index (χ3n) is 6.28. The Morgan fingerprint density at radius 1 is 1.10 bits per heavy atom. The summed E-state index contributed by atoms with van der Waals surface area (Å²) in [7, 11) is 0. The van der Waals surface area contributed by atoms with Gasteiger partial charge in [0.1, 0.15) is 5.75 Å². The van der Waals surface area contributed by atoms with Crippen molar-refractivity contribution < 1.29 is 23.4 Å². The summed E-state index contributed by atoms with van der Waals surface area (Å²) in [6, 6.07) is 12.2. The fraction of sp³-hybridized carbons (Fsp3) is 0.522. The Morgan fingerprint density at radius 2 is 1.76 bits per heavy atom. The van der Waals surface area contributed by atoms with Gasteiger partial charge in [0.2, 0.25) is 5.92 Å². The molecular formula is C23H27F2NO3. The number of halogens is 2. The molecule has 1 heterocycles. The molecule has 0 radical (unpaired) electrons. The van der Waals surface area contributed by atoms with E-state index in [4.69, 9.17) is 9.84 Å². The lowest BCUT2D eigenvalue weighted by atomic mass is 9.84. The number of hydrogen-bond donors (Lipinski definition) is 1. The van der Waals surface area contributed by atoms with Gasteiger partial charge in [-0.05, 0) is 67.1 Å². The highest BCUT2D eigenvalue weighted by Gasteiger charge is 2.37. The molecule has 0 aromatic heterocycles. The molecule has 2 fully saturated rings. The van der Waals surface area contributed by atoms with Crippen molar-refractivity contribution in [3.63, 3.8) is 0 Å². The largest absolute Gasteiger partial charge is 0.490 e. The lowest BCUT2D eigenvalue weighted by molar-refractivity contribution is -0.147. The Kier molecular flexibility index (Phi) is 5.47. The Hall–Kier alpha value is -2.21. The number of carboxylic acid groups (broad SMARTS) is 1. The smallest absolute Gasteiger partial charge is 0.309 e. The molecule has 1 saturated carbocycles. The van der Waals surface area contributed by atoms with Crippen molar-refractivity contribution >= 4 is 16.7 Å². The highest BCUT2D eigenvalue weighted by Crippen LogP contribution is 2.37. The summed E-state index contributed by atoms with van der Waals surface area (Å²) < 4.78 is 33.0. The zero-order valence-electron chi connectivity index (χ0n) is 16.6. The van der Waals surface area contributed by atoms with Gasteiger partial charge in [-0.1, -0.05) is 18.2 Å². The van der Waals surface area contributed by atoms with Crippen molar-refractivity contribution in [2.24, 2.45) is 11.8 Å². The molecule has 1 aliphatic carbocycles. The molecule has 0 spiro atoms. The Labute approximate surface area is 169 Å². The van der Waals surface area contributed by atoms with E-state index in [2.05, 4.69) is 23.1 Å². The summed E-state index contributed by atoms with van der Waals surface area (Å²) in [6.07, 6.45) is 2.34. The van der Waals surface area contributed by atoms with Gasteiger partial charge in [0.05, 0.1) is 12.0 Å². The van der Waals surface area contributed by atoms with Crippen LogP contribution in [0.3, 0.4) is 0 Å². The Bertz CT molecular complexity index is 881. The van der Waals surface area contributed by atoms with Gasteiger partial charge in [0.25, 0.3) is 0 Å². The van der Waals surface area contributed by atoms with Crippen molar-refractivity contribution in [1.29, 1.82) is 0 Å². The van der Waals surface area contributed by atoms with Crippen LogP contribution in [0.25, 0.3) is 10.8 Å². The van der Waals surface area contributed by atoms with Crippen molar-refractivity contribution in [1.82, 2.24) is 4.90 Å². The van der Waals surface area contributed by atoms with Crippen molar-refractivity contribution in [2.45, 2.75) is 51.2 Å². The second kappa shape index (κ2) is 7.90. The maximum absolute atomic E-state index is 13.5. The topological polar surface area (TPSA) is 49.8 Å². The normalized spacial score (nSPS) is 23.7. The monoisotopic (exact) mass is 403 g/mol. The zero-order valence-corrected chi connectivity index (χ0v) is 16.6. The molecule has 0 bridgehead atoms. The number of aliphatic carboxylic acids is 1. The van der Waals surface area contributed by atoms with Gasteiger partial charge in [-0.2, -0.15) is 0 Å². The lowest BCUT2D eigenvalue weighted by Crippen LogP contribution is -2.49. The number of likely N-dealkylation sites (tertiary alicyclic amines) is 1. The summed E-state index contributed by atoms with van der Waals surface area (Å²) >= 11 is 0. The van der Waals surface area contributed by atoms with Crippen LogP contribution in [0.2, 0.25) is 0 Å². The molecule has 4 rings (SSSR count). The van der Waals surface area contributed by atoms with E-state index in [9.17, 15) is 13.6 Å². The van der Waals surface area contributed by atoms with E-state index in [1.807, 2.05) is 18.2 Å². The SMILES string of the molecule is CC(F)(F)C1CCC(Oc2ccc3cc(CN4CC(C(=O)O)C4)ccc3c2)CC1. The first-order chi connectivity index (χ1) is 13.8. The van der Waals surface area contributed by atoms with Crippen LogP contribution in [0.5, 0.6) is 5.75 Å². The third-order valence-corrected chi connectivity index (χ3v) is 6.28. The van der Waals surface area contributed by atoms with Crippen LogP contribution in [0.1, 0.15) is 38.2 Å². The fourth-order valence-corrected chi connectivity index (χ4v) is 4.44. The standard InChI is InChI=1S/C23H27F2NO3/c1-23(24,25)19-5-8-20(9-6-19)29-21-7-4-16-10-15(2-3-17(16)11-21)12-26-13-18(14-26)22(27)28/h2-4,7,10-11,18-20H,5-6,8-9,12-14H2,1H3,(H,27,28). The molecule has 1 aliphatic heterocycles. The van der Waals surface area contributed by atoms with Gasteiger partial charge in [0.15, 0.2) is 0 Å². The summed E-state index contributed by atoms with van der Waals surface area (Å²) in [5.74, 6) is -3.31. The first-order valence-corrected chi connectivity index (χ1v) is 10.3. The van der Waals surface area contributed by atoms with Crippen molar-refractivity contribution in [3.05, 3.63) is 42.0 Å². The maximum Gasteiger partial charge on any atom is 0.309 e. The number of fused-ring (bicyclic) bond motifs is 1. The van der Waals surface area contributed by atoms with Crippen LogP contribution in [-0.4, -0.2) is 41.1 Å². The summed E-state index contributed by atoms with van der Waals surface area (Å²) in [6.45, 7) is 2.98. The first kappa shape index (κ1) is 20.1. The lowest BCUT2D eigenvalue weighted by Gasteiger charge is -2.36. The molecule has 4 nitrogen and oxygen atoms in total. The number of carboxylic acids is 1. The molecule has 2 aromatic rings. The quantitative estimate of drug-likeness (QED) is 0.742. The second-order valence-electron chi connectivity index (χ2n) is 8.62. The van der Waals surface area contributed by atoms with Crippen LogP contribution in [0.4, 0.5) is 8.78 Å². The van der Waals surface area contributed by atoms with Crippen molar-refractivity contribution in [3.8, 4) is 5.75 Å². The van der Waals surface area contributed by atoms with Gasteiger partial charge in [0, 0.05) is 25.6 Å². The molecule has 6 heteroatoms. The number of benzene rings is 2. The minimum Gasteiger partial charge on any atom is -0.490 e. The van der Waals surface area contributed by atoms with Gasteiger partial charge in [-0.25, -0.2) is 8.78 Å². The summed E-state index contributed by atoms with van der Waals surface area (Å²) in [4.78, 5) is 13.0. The molecular weight excluding hydrogens is 376 g/mol. The first-order valence-electron chi connectivity index (χ1n) is 10.3. The number of nitrogens with zero attached hydrogens (tertiary/aromatic N) is 1. The molecule has 0 amide bonds. The molecule has 156 valence electrons. The number of carbonyl (C=O) groups is 1. The fourth-order valence-electron chi connectivity index (χ4n) is 4.44. The number of rotatable bonds is 6. The van der Waals surface area contributed by atoms with Crippen LogP contribution < -0.4 is 4.74 Å². The summed E-state index contributed by atoms with van der Waals surface area (Å²) in [5, 5.41) is 11.2. The zero-order chi connectivity index (χ0) is 20.6. The van der Waals surface area contributed by atoms with E-state index in [0.717, 1.165) is 35.6 Å². The van der Waals surface area contributed by atoms with Crippen LogP contribution in [-0.2, 0) is 11.3 Å². The van der Waals surface area contributed by atoms with E-state index in [0.29, 0.717) is 38.8 Å². The highest BCUT2D eigenvalue weighted by molar-refractivity contribution is 5.84. The highest BCUT2D eigenvalue weighted by atomic mass is 19.3. The van der Waals surface area contributed by atoms with E-state index in [1.165, 1.54) is 0 Å². The minimum atomic E-state index is -2.60. The van der Waals surface area contributed by atoms with Crippen molar-refractivity contribution in [2.75, 3.05) is 13.1 Å². The van der Waals surface area contributed by atoms with E-state index < -0.39 is 17.8 Å². The minimum absolute atomic E-state index is 0.000999. The van der Waals surface area contributed by atoms with E-state index in [1.54, 1.807) is 0 Å². The molecule has 29 heavy (non-hydrogen) atoms. The van der Waals surface area contributed by atoms with Gasteiger partial charge < -0.3 is 9.84 Å². The van der Waals surface area contributed by atoms with Crippen LogP contribution in [0.15, 0.2) is 36.4 Å². The maximum atomic E-state index is 13.5. The van der Waals surface area contributed by atoms with Gasteiger partial charge >= 0.3 is 5.97 Å². The van der Waals surface area contributed by atoms with E-state index in [-0.39, 0.29) is 12.0 Å². The van der Waals surface area contributed by atoms with E-state index >= 15 is 0 Å². The molecule has 1 N–H and O–H groups in total. The van der Waals surface area contributed by atoms with Gasteiger partial charge in [-0.3, -0.25) is 9.69 Å². The predicted octanol–water partition coefficient (Wildman–Crippen LogP) is 4.95. The summed E-state index contributed by atoms with van der Waals surface area (Å²) in [5.41, 5.74) is 1.16. The Morgan fingerprint density at radius 3 is 2.41 bits per heavy atom. The van der Waals surface area contributed by atoms with Crippen LogP contribution >= 0.6 is 0 Å². The third kappa shape index (κ3) is 4.69. The number of ether oxygens (including phenoxy) is 1. The predicted molar refractivity (Wildman–Crippen MR) is 107 cm³/mol. The average molecular weight is 403 g/mol. The number of hydrogen-bond acceptors (Lipinski definition) is 3. The molecule has 0 unspecified atom stereocenters. The molecule has 2 aliphatic rings.